The Kier molecular flexibility index (Phi) is 7.40. The summed E-state index contributed by atoms with van der Waals surface area (Å²) in [5.74, 6) is 1.33. The molecule has 1 aromatic carbocycles. The van der Waals surface area contributed by atoms with Crippen LogP contribution in [0.15, 0.2) is 30.3 Å². The fraction of sp³-hybridized carbons (Fsp3) is 0.538. The first-order chi connectivity index (χ1) is 15.5. The van der Waals surface area contributed by atoms with E-state index in [1.807, 2.05) is 43.0 Å². The van der Waals surface area contributed by atoms with Gasteiger partial charge < -0.3 is 9.67 Å². The fourth-order valence-corrected chi connectivity index (χ4v) is 5.97. The standard InChI is InChI=1S/C26H33N3O2S/c1-18-23(26(31)17-28-21-11-12-24(28)25(30)15-21)14-22(6-4-3-5-13-32-2)29(18)20-9-7-19(16-27)8-10-20/h7-10,14,21,24-25,30H,3-6,11-13,15,17H2,1-2H3/t21?,24?,25-/m0/s1. The number of benzene rings is 1. The van der Waals surface area contributed by atoms with Crippen LogP contribution in [0.1, 0.15) is 65.8 Å². The van der Waals surface area contributed by atoms with Gasteiger partial charge in [0.2, 0.25) is 0 Å². The summed E-state index contributed by atoms with van der Waals surface area (Å²) in [6, 6.07) is 12.3. The number of carbonyl (C=O) groups is 1. The van der Waals surface area contributed by atoms with Crippen LogP contribution < -0.4 is 0 Å². The Balaban J connectivity index is 1.57. The number of aryl methyl sites for hydroxylation is 1. The van der Waals surface area contributed by atoms with Crippen LogP contribution in [0.3, 0.4) is 0 Å². The van der Waals surface area contributed by atoms with Crippen molar-refractivity contribution in [2.75, 3.05) is 18.6 Å². The number of hydrogen-bond donors (Lipinski definition) is 1. The smallest absolute Gasteiger partial charge is 0.178 e. The molecule has 2 saturated heterocycles. The van der Waals surface area contributed by atoms with Gasteiger partial charge in [-0.3, -0.25) is 9.69 Å². The quantitative estimate of drug-likeness (QED) is 0.425. The SMILES string of the molecule is CSCCCCCc1cc(C(=O)CN2C3CCC2[C@@H](O)C3)c(C)n1-c1ccc(C#N)cc1. The lowest BCUT2D eigenvalue weighted by atomic mass is 9.98. The van der Waals surface area contributed by atoms with Crippen molar-refractivity contribution in [1.82, 2.24) is 9.47 Å². The van der Waals surface area contributed by atoms with E-state index in [-0.39, 0.29) is 17.9 Å². The molecule has 2 aromatic rings. The van der Waals surface area contributed by atoms with Crippen LogP contribution in [0.2, 0.25) is 0 Å². The van der Waals surface area contributed by atoms with Crippen molar-refractivity contribution in [2.45, 2.75) is 70.1 Å². The number of aliphatic hydroxyl groups is 1. The molecule has 2 aliphatic heterocycles. The zero-order valence-corrected chi connectivity index (χ0v) is 19.9. The molecule has 32 heavy (non-hydrogen) atoms. The molecule has 2 fully saturated rings. The van der Waals surface area contributed by atoms with Crippen molar-refractivity contribution in [1.29, 1.82) is 5.26 Å². The number of Topliss-reactive ketones (excluding diaryl/α,β-unsaturated/α-hetero) is 1. The summed E-state index contributed by atoms with van der Waals surface area (Å²) in [5, 5.41) is 19.4. The second-order valence-corrected chi connectivity index (χ2v) is 10.1. The Labute approximate surface area is 195 Å². The minimum atomic E-state index is -0.289. The number of rotatable bonds is 10. The number of hydrogen-bond acceptors (Lipinski definition) is 5. The molecule has 170 valence electrons. The first kappa shape index (κ1) is 23.1. The maximum atomic E-state index is 13.4. The third-order valence-corrected chi connectivity index (χ3v) is 7.83. The molecular weight excluding hydrogens is 418 g/mol. The van der Waals surface area contributed by atoms with Gasteiger partial charge in [-0.2, -0.15) is 17.0 Å². The summed E-state index contributed by atoms with van der Waals surface area (Å²) in [6.45, 7) is 2.41. The highest BCUT2D eigenvalue weighted by molar-refractivity contribution is 7.98. The molecule has 2 aliphatic rings. The molecule has 0 radical (unpaired) electrons. The van der Waals surface area contributed by atoms with Gasteiger partial charge >= 0.3 is 0 Å². The monoisotopic (exact) mass is 451 g/mol. The van der Waals surface area contributed by atoms with Gasteiger partial charge in [0.15, 0.2) is 5.78 Å². The lowest BCUT2D eigenvalue weighted by molar-refractivity contribution is 0.0873. The van der Waals surface area contributed by atoms with E-state index in [0.29, 0.717) is 18.2 Å². The van der Waals surface area contributed by atoms with E-state index in [1.165, 1.54) is 18.6 Å². The van der Waals surface area contributed by atoms with Crippen LogP contribution in [0, 0.1) is 18.3 Å². The maximum Gasteiger partial charge on any atom is 0.178 e. The lowest BCUT2D eigenvalue weighted by Crippen LogP contribution is -2.36. The van der Waals surface area contributed by atoms with Crippen LogP contribution in [-0.2, 0) is 6.42 Å². The van der Waals surface area contributed by atoms with Crippen LogP contribution in [0.4, 0.5) is 0 Å². The Morgan fingerprint density at radius 1 is 1.22 bits per heavy atom. The van der Waals surface area contributed by atoms with Crippen molar-refractivity contribution in [3.05, 3.63) is 52.8 Å². The maximum absolute atomic E-state index is 13.4. The first-order valence-electron chi connectivity index (χ1n) is 11.7. The molecule has 3 atom stereocenters. The summed E-state index contributed by atoms with van der Waals surface area (Å²) in [7, 11) is 0. The zero-order chi connectivity index (χ0) is 22.7. The Bertz CT molecular complexity index is 992. The van der Waals surface area contributed by atoms with E-state index in [4.69, 9.17) is 5.26 Å². The highest BCUT2D eigenvalue weighted by atomic mass is 32.2. The number of carbonyl (C=O) groups excluding carboxylic acids is 1. The number of fused-ring (bicyclic) bond motifs is 2. The summed E-state index contributed by atoms with van der Waals surface area (Å²) < 4.78 is 2.19. The summed E-state index contributed by atoms with van der Waals surface area (Å²) in [4.78, 5) is 15.6. The second kappa shape index (κ2) is 10.2. The number of aromatic nitrogens is 1. The van der Waals surface area contributed by atoms with Gasteiger partial charge in [-0.15, -0.1) is 0 Å². The molecule has 0 aliphatic carbocycles. The van der Waals surface area contributed by atoms with Gasteiger partial charge in [0.1, 0.15) is 0 Å². The van der Waals surface area contributed by atoms with Gasteiger partial charge in [0, 0.05) is 34.7 Å². The van der Waals surface area contributed by atoms with Crippen molar-refractivity contribution in [3.63, 3.8) is 0 Å². The number of aliphatic hydroxyl groups excluding tert-OH is 1. The average molecular weight is 452 g/mol. The molecule has 2 unspecified atom stereocenters. The Morgan fingerprint density at radius 2 is 2.00 bits per heavy atom. The fourth-order valence-electron chi connectivity index (χ4n) is 5.48. The largest absolute Gasteiger partial charge is 0.391 e. The normalized spacial score (nSPS) is 22.4. The van der Waals surface area contributed by atoms with Crippen LogP contribution in [-0.4, -0.2) is 57.1 Å². The molecule has 5 nitrogen and oxygen atoms in total. The summed E-state index contributed by atoms with van der Waals surface area (Å²) in [6.07, 6.45) is 9.13. The molecule has 3 heterocycles. The third kappa shape index (κ3) is 4.66. The summed E-state index contributed by atoms with van der Waals surface area (Å²) in [5.41, 5.74) is 4.54. The zero-order valence-electron chi connectivity index (χ0n) is 19.1. The van der Waals surface area contributed by atoms with Crippen molar-refractivity contribution in [3.8, 4) is 11.8 Å². The van der Waals surface area contributed by atoms with E-state index in [0.717, 1.165) is 54.7 Å². The topological polar surface area (TPSA) is 69.3 Å². The molecular formula is C26H33N3O2S. The van der Waals surface area contributed by atoms with Crippen LogP contribution >= 0.6 is 11.8 Å². The number of unbranched alkanes of at least 4 members (excludes halogenated alkanes) is 2. The lowest BCUT2D eigenvalue weighted by Gasteiger charge is -2.21. The number of ketones is 1. The van der Waals surface area contributed by atoms with E-state index in [1.54, 1.807) is 0 Å². The predicted octanol–water partition coefficient (Wildman–Crippen LogP) is 4.51. The van der Waals surface area contributed by atoms with Crippen LogP contribution in [0.5, 0.6) is 0 Å². The minimum absolute atomic E-state index is 0.140. The number of thioether (sulfide) groups is 1. The van der Waals surface area contributed by atoms with E-state index >= 15 is 0 Å². The molecule has 6 heteroatoms. The molecule has 1 aromatic heterocycles. The minimum Gasteiger partial charge on any atom is -0.391 e. The number of nitriles is 1. The molecule has 0 saturated carbocycles. The van der Waals surface area contributed by atoms with Crippen molar-refractivity contribution in [2.24, 2.45) is 0 Å². The molecule has 0 spiro atoms. The van der Waals surface area contributed by atoms with Gasteiger partial charge in [0.25, 0.3) is 0 Å². The van der Waals surface area contributed by atoms with E-state index in [9.17, 15) is 9.90 Å². The van der Waals surface area contributed by atoms with Crippen molar-refractivity contribution >= 4 is 17.5 Å². The molecule has 1 N–H and O–H groups in total. The Morgan fingerprint density at radius 3 is 2.62 bits per heavy atom. The molecule has 4 rings (SSSR count). The first-order valence-corrected chi connectivity index (χ1v) is 13.1. The highest BCUT2D eigenvalue weighted by Crippen LogP contribution is 2.38. The van der Waals surface area contributed by atoms with E-state index in [2.05, 4.69) is 27.9 Å². The predicted molar refractivity (Wildman–Crippen MR) is 130 cm³/mol. The highest BCUT2D eigenvalue weighted by Gasteiger charge is 2.46. The van der Waals surface area contributed by atoms with E-state index < -0.39 is 0 Å². The van der Waals surface area contributed by atoms with Gasteiger partial charge in [-0.1, -0.05) is 6.42 Å². The summed E-state index contributed by atoms with van der Waals surface area (Å²) >= 11 is 1.88. The van der Waals surface area contributed by atoms with Crippen molar-refractivity contribution < 1.29 is 9.90 Å². The molecule has 0 amide bonds. The Hall–Kier alpha value is -2.07. The van der Waals surface area contributed by atoms with Gasteiger partial charge in [0.05, 0.1) is 24.3 Å². The third-order valence-electron chi connectivity index (χ3n) is 7.13. The number of nitrogens with zero attached hydrogens (tertiary/aromatic N) is 3. The average Bonchev–Trinajstić information content (AvgIpc) is 3.43. The van der Waals surface area contributed by atoms with Gasteiger partial charge in [-0.05, 0) is 87.8 Å². The molecule has 2 bridgehead atoms. The van der Waals surface area contributed by atoms with Crippen LogP contribution in [0.25, 0.3) is 5.69 Å². The second-order valence-electron chi connectivity index (χ2n) is 9.13. The van der Waals surface area contributed by atoms with Gasteiger partial charge in [-0.25, -0.2) is 0 Å².